The number of carbonyl (C=O) groups is 2. The molecule has 7 aliphatic rings. The zero-order valence-electron chi connectivity index (χ0n) is 29.8. The summed E-state index contributed by atoms with van der Waals surface area (Å²) in [5.41, 5.74) is -1.39. The summed E-state index contributed by atoms with van der Waals surface area (Å²) >= 11 is 0. The molecule has 0 saturated heterocycles. The topological polar surface area (TPSA) is 87.1 Å². The van der Waals surface area contributed by atoms with Crippen molar-refractivity contribution in [1.29, 1.82) is 0 Å². The first-order valence-electron chi connectivity index (χ1n) is 19.3. The van der Waals surface area contributed by atoms with E-state index in [0.717, 1.165) is 80.6 Å². The third-order valence-corrected chi connectivity index (χ3v) is 15.1. The van der Waals surface area contributed by atoms with Gasteiger partial charge in [-0.3, -0.25) is 4.79 Å². The van der Waals surface area contributed by atoms with Gasteiger partial charge in [-0.2, -0.15) is 0 Å². The molecule has 2 bridgehead atoms. The van der Waals surface area contributed by atoms with Gasteiger partial charge in [0.15, 0.2) is 5.78 Å². The molecule has 0 aliphatic heterocycles. The van der Waals surface area contributed by atoms with Crippen LogP contribution in [0.2, 0.25) is 0 Å². The van der Waals surface area contributed by atoms with E-state index < -0.39 is 22.5 Å². The molecule has 1 amide bonds. The molecule has 2 spiro atoms. The number of benzene rings is 2. The molecule has 0 aromatic heterocycles. The second-order valence-electron chi connectivity index (χ2n) is 17.3. The molecule has 8 atom stereocenters. The van der Waals surface area contributed by atoms with Gasteiger partial charge < -0.3 is 19.8 Å². The molecule has 6 heteroatoms. The monoisotopic (exact) mass is 665 g/mol. The molecule has 2 aromatic carbocycles. The fourth-order valence-electron chi connectivity index (χ4n) is 12.4. The highest BCUT2D eigenvalue weighted by molar-refractivity contribution is 6.00. The average Bonchev–Trinajstić information content (AvgIpc) is 3.37. The van der Waals surface area contributed by atoms with Crippen LogP contribution in [0.3, 0.4) is 0 Å². The van der Waals surface area contributed by atoms with E-state index in [-0.39, 0.29) is 41.2 Å². The zero-order valence-corrected chi connectivity index (χ0v) is 29.8. The summed E-state index contributed by atoms with van der Waals surface area (Å²) in [5.74, 6) is 1.28. The van der Waals surface area contributed by atoms with Crippen molar-refractivity contribution in [2.45, 2.75) is 116 Å². The molecular weight excluding hydrogens is 610 g/mol. The normalized spacial score (nSPS) is 39.5. The number of ketones is 1. The van der Waals surface area contributed by atoms with E-state index in [1.54, 1.807) is 4.90 Å². The Hall–Kier alpha value is -2.96. The number of aliphatic hydroxyl groups excluding tert-OH is 1. The van der Waals surface area contributed by atoms with E-state index >= 15 is 0 Å². The number of nitrogens with zero attached hydrogens (tertiary/aromatic N) is 1. The van der Waals surface area contributed by atoms with Gasteiger partial charge in [0.05, 0.1) is 18.2 Å². The van der Waals surface area contributed by atoms with Crippen LogP contribution in [0.15, 0.2) is 66.3 Å². The second-order valence-corrected chi connectivity index (χ2v) is 17.3. The van der Waals surface area contributed by atoms with Crippen molar-refractivity contribution in [3.63, 3.8) is 0 Å². The summed E-state index contributed by atoms with van der Waals surface area (Å²) in [6.07, 6.45) is 18.1. The van der Waals surface area contributed by atoms with Crippen molar-refractivity contribution < 1.29 is 24.5 Å². The Labute approximate surface area is 292 Å². The number of Topliss-reactive ketones (excluding diaryl/α,β-unsaturated/α-hetero) is 1. The molecule has 0 radical (unpaired) electrons. The number of hydrogen-bond acceptors (Lipinski definition) is 5. The highest BCUT2D eigenvalue weighted by Gasteiger charge is 2.74. The number of aliphatic hydroxyl groups is 2. The van der Waals surface area contributed by atoms with Crippen LogP contribution in [0.4, 0.5) is 4.79 Å². The lowest BCUT2D eigenvalue weighted by molar-refractivity contribution is -0.178. The third kappa shape index (κ3) is 4.79. The van der Waals surface area contributed by atoms with E-state index in [1.807, 2.05) is 42.5 Å². The second kappa shape index (κ2) is 11.8. The molecular formula is C43H55NO5. The molecule has 2 N–H and O–H groups in total. The van der Waals surface area contributed by atoms with Crippen LogP contribution < -0.4 is 4.74 Å². The van der Waals surface area contributed by atoms with Crippen LogP contribution in [-0.2, 0) is 4.79 Å². The third-order valence-electron chi connectivity index (χ3n) is 15.1. The van der Waals surface area contributed by atoms with Crippen molar-refractivity contribution in [2.24, 2.45) is 39.4 Å². The number of amides is 1. The Morgan fingerprint density at radius 2 is 1.59 bits per heavy atom. The number of hydrogen-bond donors (Lipinski definition) is 2. The Balaban J connectivity index is 1.13. The van der Waals surface area contributed by atoms with Crippen molar-refractivity contribution >= 4 is 22.6 Å². The molecule has 4 saturated carbocycles. The van der Waals surface area contributed by atoms with Crippen LogP contribution in [0.1, 0.15) is 104 Å². The first-order chi connectivity index (χ1) is 23.5. The van der Waals surface area contributed by atoms with E-state index in [2.05, 4.69) is 39.0 Å². The van der Waals surface area contributed by atoms with E-state index in [1.165, 1.54) is 6.42 Å². The fraction of sp³-hybridized carbons (Fsp3) is 0.628. The molecule has 4 fully saturated rings. The Bertz CT molecular complexity index is 1710. The van der Waals surface area contributed by atoms with Crippen molar-refractivity contribution in [3.05, 3.63) is 66.3 Å². The van der Waals surface area contributed by atoms with Gasteiger partial charge in [-0.15, -0.1) is 0 Å². The molecule has 6 nitrogen and oxygen atoms in total. The smallest absolute Gasteiger partial charge is 0.410 e. The van der Waals surface area contributed by atoms with Gasteiger partial charge in [-0.25, -0.2) is 4.79 Å². The lowest BCUT2D eigenvalue weighted by Gasteiger charge is -2.71. The summed E-state index contributed by atoms with van der Waals surface area (Å²) in [4.78, 5) is 30.4. The van der Waals surface area contributed by atoms with E-state index in [9.17, 15) is 19.8 Å². The number of allylic oxidation sites excluding steroid dienone is 4. The maximum atomic E-state index is 14.8. The summed E-state index contributed by atoms with van der Waals surface area (Å²) in [5, 5.41) is 26.0. The first kappa shape index (κ1) is 33.2. The Morgan fingerprint density at radius 3 is 2.37 bits per heavy atom. The van der Waals surface area contributed by atoms with Crippen LogP contribution in [0, 0.1) is 39.4 Å². The highest BCUT2D eigenvalue weighted by Crippen LogP contribution is 2.78. The van der Waals surface area contributed by atoms with Gasteiger partial charge in [0.2, 0.25) is 0 Å². The minimum absolute atomic E-state index is 0.0444. The van der Waals surface area contributed by atoms with Gasteiger partial charge in [-0.1, -0.05) is 88.6 Å². The maximum Gasteiger partial charge on any atom is 0.415 e. The number of rotatable bonds is 7. The summed E-state index contributed by atoms with van der Waals surface area (Å²) in [7, 11) is 0. The fourth-order valence-corrected chi connectivity index (χ4v) is 12.4. The van der Waals surface area contributed by atoms with Crippen LogP contribution in [-0.4, -0.2) is 51.8 Å². The molecule has 8 unspecified atom stereocenters. The van der Waals surface area contributed by atoms with Gasteiger partial charge >= 0.3 is 6.09 Å². The predicted molar refractivity (Wildman–Crippen MR) is 192 cm³/mol. The highest BCUT2D eigenvalue weighted by atomic mass is 16.6. The minimum atomic E-state index is -1.11. The number of fused-ring (bicyclic) bond motifs is 2. The van der Waals surface area contributed by atoms with Gasteiger partial charge in [0.25, 0.3) is 0 Å². The molecule has 0 heterocycles. The van der Waals surface area contributed by atoms with Gasteiger partial charge in [0.1, 0.15) is 5.75 Å². The van der Waals surface area contributed by atoms with Gasteiger partial charge in [0, 0.05) is 34.3 Å². The molecule has 7 aliphatic carbocycles. The number of carbonyl (C=O) groups excluding carboxylic acids is 2. The van der Waals surface area contributed by atoms with Crippen LogP contribution in [0.5, 0.6) is 5.75 Å². The van der Waals surface area contributed by atoms with Crippen molar-refractivity contribution in [1.82, 2.24) is 4.90 Å². The first-order valence-corrected chi connectivity index (χ1v) is 19.3. The molecule has 49 heavy (non-hydrogen) atoms. The van der Waals surface area contributed by atoms with Crippen LogP contribution in [0.25, 0.3) is 10.8 Å². The molecule has 9 rings (SSSR count). The maximum absolute atomic E-state index is 14.8. The SMILES string of the molecule is CCCN(CC1(O)CCC2C34C=CC5(C=C3C(=O)C3CCCCC3)CC(O)CCC5(C)C4CCC21C)C(=O)Oc1ccc2ccccc2c1. The van der Waals surface area contributed by atoms with Crippen LogP contribution >= 0.6 is 0 Å². The summed E-state index contributed by atoms with van der Waals surface area (Å²) < 4.78 is 5.98. The summed E-state index contributed by atoms with van der Waals surface area (Å²) in [6, 6.07) is 13.7. The van der Waals surface area contributed by atoms with Crippen molar-refractivity contribution in [3.8, 4) is 5.75 Å². The predicted octanol–water partition coefficient (Wildman–Crippen LogP) is 8.79. The number of ether oxygens (including phenoxy) is 1. The van der Waals surface area contributed by atoms with E-state index in [4.69, 9.17) is 4.74 Å². The summed E-state index contributed by atoms with van der Waals surface area (Å²) in [6.45, 7) is 7.47. The van der Waals surface area contributed by atoms with Crippen molar-refractivity contribution in [2.75, 3.05) is 13.1 Å². The standard InChI is InChI=1S/C43H55NO5/c1-4-24-44(38(47)49-33-15-14-29-10-8-9-13-31(29)25-33)28-42(48)21-18-36-40(42,3)20-17-35-39(2)19-16-32(45)26-41(39)22-23-43(35,36)34(27-41)37(46)30-11-6-5-7-12-30/h8-10,13-15,22-23,25,27,30,32,35-36,45,48H,4-7,11-12,16-21,24,26,28H2,1-3H3. The van der Waals surface area contributed by atoms with E-state index in [0.29, 0.717) is 30.9 Å². The average molecular weight is 666 g/mol. The molecule has 2 aromatic rings. The Morgan fingerprint density at radius 1 is 0.878 bits per heavy atom. The lowest BCUT2D eigenvalue weighted by Crippen LogP contribution is -2.67. The lowest BCUT2D eigenvalue weighted by atomic mass is 9.32. The Kier molecular flexibility index (Phi) is 8.00. The molecule has 262 valence electrons. The largest absolute Gasteiger partial charge is 0.415 e. The quantitative estimate of drug-likeness (QED) is 0.289. The van der Waals surface area contributed by atoms with Gasteiger partial charge in [-0.05, 0) is 104 Å². The minimum Gasteiger partial charge on any atom is -0.410 e. The zero-order chi connectivity index (χ0) is 34.2.